The van der Waals surface area contributed by atoms with Crippen molar-refractivity contribution in [1.82, 2.24) is 9.97 Å². The predicted octanol–water partition coefficient (Wildman–Crippen LogP) is 4.49. The van der Waals surface area contributed by atoms with Crippen LogP contribution in [0.3, 0.4) is 0 Å². The van der Waals surface area contributed by atoms with Crippen LogP contribution in [0.1, 0.15) is 0 Å². The van der Waals surface area contributed by atoms with Gasteiger partial charge < -0.3 is 5.32 Å². The third-order valence-electron chi connectivity index (χ3n) is 2.83. The molecule has 1 heterocycles. The second kappa shape index (κ2) is 6.00. The number of benzene rings is 2. The average Bonchev–Trinajstić information content (AvgIpc) is 2.49. The molecule has 0 bridgehead atoms. The van der Waals surface area contributed by atoms with Crippen LogP contribution in [-0.4, -0.2) is 9.97 Å². The molecule has 0 aliphatic carbocycles. The van der Waals surface area contributed by atoms with Crippen molar-refractivity contribution in [2.75, 3.05) is 5.32 Å². The van der Waals surface area contributed by atoms with Gasteiger partial charge in [-0.2, -0.15) is 0 Å². The topological polar surface area (TPSA) is 37.8 Å². The maximum absolute atomic E-state index is 4.54. The van der Waals surface area contributed by atoms with Crippen LogP contribution in [-0.2, 0) is 0 Å². The van der Waals surface area contributed by atoms with Crippen LogP contribution in [0.25, 0.3) is 11.3 Å². The van der Waals surface area contributed by atoms with Gasteiger partial charge >= 0.3 is 0 Å². The number of aromatic nitrogens is 2. The first-order valence-corrected chi connectivity index (χ1v) is 7.30. The first-order valence-electron chi connectivity index (χ1n) is 6.22. The molecule has 0 radical (unpaired) electrons. The van der Waals surface area contributed by atoms with E-state index in [9.17, 15) is 0 Å². The lowest BCUT2D eigenvalue weighted by Gasteiger charge is -2.06. The highest BCUT2D eigenvalue weighted by molar-refractivity contribution is 14.1. The van der Waals surface area contributed by atoms with Crippen LogP contribution < -0.4 is 5.32 Å². The molecule has 0 saturated heterocycles. The van der Waals surface area contributed by atoms with E-state index in [2.05, 4.69) is 62.1 Å². The molecule has 2 aromatic carbocycles. The number of hydrogen-bond acceptors (Lipinski definition) is 3. The molecule has 1 N–H and O–H groups in total. The van der Waals surface area contributed by atoms with Crippen molar-refractivity contribution in [2.45, 2.75) is 0 Å². The Morgan fingerprint density at radius 2 is 1.60 bits per heavy atom. The lowest BCUT2D eigenvalue weighted by molar-refractivity contribution is 1.17. The maximum atomic E-state index is 4.54. The Morgan fingerprint density at radius 1 is 0.850 bits per heavy atom. The van der Waals surface area contributed by atoms with Gasteiger partial charge in [0, 0.05) is 21.0 Å². The largest absolute Gasteiger partial charge is 0.324 e. The molecule has 0 aliphatic rings. The van der Waals surface area contributed by atoms with Gasteiger partial charge in [-0.15, -0.1) is 0 Å². The molecule has 20 heavy (non-hydrogen) atoms. The number of nitrogens with one attached hydrogen (secondary N) is 1. The Labute approximate surface area is 131 Å². The molecule has 0 spiro atoms. The second-order valence-electron chi connectivity index (χ2n) is 4.26. The Hall–Kier alpha value is -1.95. The molecule has 0 fully saturated rings. The first-order chi connectivity index (χ1) is 9.81. The van der Waals surface area contributed by atoms with E-state index < -0.39 is 0 Å². The fraction of sp³-hybridized carbons (Fsp3) is 0. The molecule has 1 aromatic heterocycles. The summed E-state index contributed by atoms with van der Waals surface area (Å²) in [5.41, 5.74) is 2.98. The molecule has 0 unspecified atom stereocenters. The van der Waals surface area contributed by atoms with Crippen molar-refractivity contribution in [2.24, 2.45) is 0 Å². The molecule has 4 heteroatoms. The zero-order chi connectivity index (χ0) is 13.8. The molecular weight excluding hydrogens is 361 g/mol. The van der Waals surface area contributed by atoms with Gasteiger partial charge in [0.2, 0.25) is 5.95 Å². The summed E-state index contributed by atoms with van der Waals surface area (Å²) in [4.78, 5) is 8.80. The van der Waals surface area contributed by atoms with Crippen LogP contribution in [0, 0.1) is 3.57 Å². The quantitative estimate of drug-likeness (QED) is 0.688. The summed E-state index contributed by atoms with van der Waals surface area (Å²) in [6.07, 6.45) is 1.77. The highest BCUT2D eigenvalue weighted by atomic mass is 127. The Morgan fingerprint density at radius 3 is 2.35 bits per heavy atom. The van der Waals surface area contributed by atoms with E-state index in [1.165, 1.54) is 3.57 Å². The number of nitrogens with zero attached hydrogens (tertiary/aromatic N) is 2. The molecule has 0 atom stereocenters. The lowest BCUT2D eigenvalue weighted by Crippen LogP contribution is -1.97. The van der Waals surface area contributed by atoms with Gasteiger partial charge in [-0.25, -0.2) is 9.97 Å². The van der Waals surface area contributed by atoms with E-state index in [0.717, 1.165) is 16.9 Å². The fourth-order valence-corrected chi connectivity index (χ4v) is 2.21. The zero-order valence-corrected chi connectivity index (χ0v) is 12.8. The van der Waals surface area contributed by atoms with Gasteiger partial charge in [-0.3, -0.25) is 0 Å². The molecule has 0 amide bonds. The minimum Gasteiger partial charge on any atom is -0.324 e. The minimum absolute atomic E-state index is 0.604. The SMILES string of the molecule is Ic1ccc(-c2ccnc(Nc3ccccc3)n2)cc1. The summed E-state index contributed by atoms with van der Waals surface area (Å²) in [6, 6.07) is 20.1. The van der Waals surface area contributed by atoms with Crippen molar-refractivity contribution in [3.05, 3.63) is 70.4 Å². The van der Waals surface area contributed by atoms with E-state index >= 15 is 0 Å². The van der Waals surface area contributed by atoms with Crippen LogP contribution in [0.4, 0.5) is 11.6 Å². The molecular formula is C16H12IN3. The highest BCUT2D eigenvalue weighted by Gasteiger charge is 2.02. The molecule has 98 valence electrons. The van der Waals surface area contributed by atoms with Crippen molar-refractivity contribution in [3.63, 3.8) is 0 Å². The van der Waals surface area contributed by atoms with Gasteiger partial charge in [0.15, 0.2) is 0 Å². The van der Waals surface area contributed by atoms with Crippen molar-refractivity contribution in [1.29, 1.82) is 0 Å². The molecule has 3 rings (SSSR count). The Balaban J connectivity index is 1.88. The number of hydrogen-bond donors (Lipinski definition) is 1. The van der Waals surface area contributed by atoms with Crippen molar-refractivity contribution in [3.8, 4) is 11.3 Å². The van der Waals surface area contributed by atoms with Gasteiger partial charge in [0.1, 0.15) is 0 Å². The summed E-state index contributed by atoms with van der Waals surface area (Å²) in [7, 11) is 0. The summed E-state index contributed by atoms with van der Waals surface area (Å²) in [5, 5.41) is 3.20. The van der Waals surface area contributed by atoms with E-state index in [4.69, 9.17) is 0 Å². The predicted molar refractivity (Wildman–Crippen MR) is 89.9 cm³/mol. The Bertz CT molecular complexity index is 696. The maximum Gasteiger partial charge on any atom is 0.227 e. The smallest absolute Gasteiger partial charge is 0.227 e. The second-order valence-corrected chi connectivity index (χ2v) is 5.51. The summed E-state index contributed by atoms with van der Waals surface area (Å²) >= 11 is 2.29. The van der Waals surface area contributed by atoms with Crippen LogP contribution in [0.5, 0.6) is 0 Å². The average molecular weight is 373 g/mol. The fourth-order valence-electron chi connectivity index (χ4n) is 1.85. The van der Waals surface area contributed by atoms with Gasteiger partial charge in [-0.1, -0.05) is 30.3 Å². The molecule has 0 aliphatic heterocycles. The lowest BCUT2D eigenvalue weighted by atomic mass is 10.1. The summed E-state index contributed by atoms with van der Waals surface area (Å²) in [6.45, 7) is 0. The van der Waals surface area contributed by atoms with Crippen molar-refractivity contribution < 1.29 is 0 Å². The molecule has 0 saturated carbocycles. The van der Waals surface area contributed by atoms with Crippen molar-refractivity contribution >= 4 is 34.2 Å². The standard InChI is InChI=1S/C16H12IN3/c17-13-8-6-12(7-9-13)15-10-11-18-16(20-15)19-14-4-2-1-3-5-14/h1-11H,(H,18,19,20). The van der Waals surface area contributed by atoms with E-state index in [0.29, 0.717) is 5.95 Å². The van der Waals surface area contributed by atoms with Gasteiger partial charge in [0.05, 0.1) is 5.69 Å². The van der Waals surface area contributed by atoms with E-state index in [1.54, 1.807) is 6.20 Å². The summed E-state index contributed by atoms with van der Waals surface area (Å²) in [5.74, 6) is 0.604. The number of rotatable bonds is 3. The Kier molecular flexibility index (Phi) is 3.92. The summed E-state index contributed by atoms with van der Waals surface area (Å²) < 4.78 is 1.21. The van der Waals surface area contributed by atoms with Gasteiger partial charge in [-0.05, 0) is 52.9 Å². The normalized spacial score (nSPS) is 10.2. The van der Waals surface area contributed by atoms with E-state index in [1.807, 2.05) is 36.4 Å². The minimum atomic E-state index is 0.604. The number of para-hydroxylation sites is 1. The highest BCUT2D eigenvalue weighted by Crippen LogP contribution is 2.20. The number of anilines is 2. The third kappa shape index (κ3) is 3.14. The number of halogens is 1. The van der Waals surface area contributed by atoms with Gasteiger partial charge in [0.25, 0.3) is 0 Å². The molecule has 3 aromatic rings. The first kappa shape index (κ1) is 13.1. The van der Waals surface area contributed by atoms with Crippen LogP contribution in [0.2, 0.25) is 0 Å². The zero-order valence-electron chi connectivity index (χ0n) is 10.6. The molecule has 3 nitrogen and oxygen atoms in total. The van der Waals surface area contributed by atoms with Crippen LogP contribution in [0.15, 0.2) is 66.9 Å². The van der Waals surface area contributed by atoms with E-state index in [-0.39, 0.29) is 0 Å². The monoisotopic (exact) mass is 373 g/mol. The third-order valence-corrected chi connectivity index (χ3v) is 3.54. The van der Waals surface area contributed by atoms with Crippen LogP contribution >= 0.6 is 22.6 Å².